The van der Waals surface area contributed by atoms with Crippen molar-refractivity contribution in [2.75, 3.05) is 33.2 Å². The standard InChI is InChI=1S/C21H30N4O2/c1-3-19-14-20(27-23-19)16-24(2)21(26)22-11-13-25-12-7-10-18(15-25)17-8-5-4-6-9-17/h4-6,8-9,14,18H,3,7,10-13,15-16H2,1-2H3,(H,22,26)/t18-/m0/s1. The van der Waals surface area contributed by atoms with Crippen LogP contribution in [0.25, 0.3) is 0 Å². The Balaban J connectivity index is 1.40. The lowest BCUT2D eigenvalue weighted by Gasteiger charge is -2.33. The highest BCUT2D eigenvalue weighted by Gasteiger charge is 2.21. The van der Waals surface area contributed by atoms with Crippen LogP contribution in [0.4, 0.5) is 4.79 Å². The molecule has 27 heavy (non-hydrogen) atoms. The first-order chi connectivity index (χ1) is 13.2. The quantitative estimate of drug-likeness (QED) is 0.813. The molecule has 0 bridgehead atoms. The van der Waals surface area contributed by atoms with Crippen LogP contribution in [0.3, 0.4) is 0 Å². The number of likely N-dealkylation sites (tertiary alicyclic amines) is 1. The van der Waals surface area contributed by atoms with E-state index in [-0.39, 0.29) is 6.03 Å². The molecular formula is C21H30N4O2. The van der Waals surface area contributed by atoms with E-state index in [1.165, 1.54) is 18.4 Å². The van der Waals surface area contributed by atoms with Crippen molar-refractivity contribution in [2.24, 2.45) is 0 Å². The molecule has 3 rings (SSSR count). The molecule has 1 N–H and O–H groups in total. The highest BCUT2D eigenvalue weighted by molar-refractivity contribution is 5.73. The first kappa shape index (κ1) is 19.4. The van der Waals surface area contributed by atoms with Crippen molar-refractivity contribution in [1.29, 1.82) is 0 Å². The van der Waals surface area contributed by atoms with Crippen molar-refractivity contribution in [3.05, 3.63) is 53.4 Å². The van der Waals surface area contributed by atoms with Gasteiger partial charge < -0.3 is 19.6 Å². The highest BCUT2D eigenvalue weighted by atomic mass is 16.5. The summed E-state index contributed by atoms with van der Waals surface area (Å²) in [7, 11) is 1.77. The molecule has 1 aromatic heterocycles. The van der Waals surface area contributed by atoms with Gasteiger partial charge in [0, 0.05) is 32.7 Å². The molecule has 1 aliphatic heterocycles. The summed E-state index contributed by atoms with van der Waals surface area (Å²) < 4.78 is 5.25. The number of urea groups is 1. The number of rotatable bonds is 7. The molecule has 146 valence electrons. The van der Waals surface area contributed by atoms with Crippen LogP contribution in [-0.4, -0.2) is 54.2 Å². The molecule has 0 saturated carbocycles. The normalized spacial score (nSPS) is 17.6. The van der Waals surface area contributed by atoms with Crippen LogP contribution in [-0.2, 0) is 13.0 Å². The van der Waals surface area contributed by atoms with Gasteiger partial charge in [0.2, 0.25) is 0 Å². The fraction of sp³-hybridized carbons (Fsp3) is 0.524. The van der Waals surface area contributed by atoms with Gasteiger partial charge in [-0.1, -0.05) is 42.4 Å². The van der Waals surface area contributed by atoms with Gasteiger partial charge in [-0.2, -0.15) is 0 Å². The Bertz CT molecular complexity index is 716. The van der Waals surface area contributed by atoms with Crippen molar-refractivity contribution >= 4 is 6.03 Å². The number of aryl methyl sites for hydroxylation is 1. The Labute approximate surface area is 161 Å². The van der Waals surface area contributed by atoms with E-state index in [2.05, 4.69) is 45.7 Å². The van der Waals surface area contributed by atoms with Crippen LogP contribution in [0.1, 0.15) is 42.7 Å². The molecule has 1 aromatic carbocycles. The Kier molecular flexibility index (Phi) is 6.87. The summed E-state index contributed by atoms with van der Waals surface area (Å²) in [5, 5.41) is 6.97. The number of piperidine rings is 1. The second kappa shape index (κ2) is 9.55. The van der Waals surface area contributed by atoms with Crippen molar-refractivity contribution in [3.8, 4) is 0 Å². The Hall–Kier alpha value is -2.34. The molecule has 1 aliphatic rings. The lowest BCUT2D eigenvalue weighted by atomic mass is 9.91. The molecule has 2 amide bonds. The minimum absolute atomic E-state index is 0.0823. The first-order valence-electron chi connectivity index (χ1n) is 9.86. The summed E-state index contributed by atoms with van der Waals surface area (Å²) in [4.78, 5) is 16.4. The number of benzene rings is 1. The maximum atomic E-state index is 12.3. The van der Waals surface area contributed by atoms with Crippen molar-refractivity contribution in [3.63, 3.8) is 0 Å². The number of hydrogen-bond donors (Lipinski definition) is 1. The van der Waals surface area contributed by atoms with E-state index in [0.29, 0.717) is 24.8 Å². The molecule has 2 aromatic rings. The van der Waals surface area contributed by atoms with Crippen molar-refractivity contribution in [1.82, 2.24) is 20.3 Å². The van der Waals surface area contributed by atoms with E-state index in [9.17, 15) is 4.79 Å². The summed E-state index contributed by atoms with van der Waals surface area (Å²) in [6.45, 7) is 6.16. The van der Waals surface area contributed by atoms with Gasteiger partial charge in [-0.15, -0.1) is 0 Å². The predicted octanol–water partition coefficient (Wildman–Crippen LogP) is 3.26. The largest absolute Gasteiger partial charge is 0.359 e. The smallest absolute Gasteiger partial charge is 0.317 e. The molecule has 6 nitrogen and oxygen atoms in total. The predicted molar refractivity (Wildman–Crippen MR) is 106 cm³/mol. The zero-order chi connectivity index (χ0) is 19.1. The number of hydrogen-bond acceptors (Lipinski definition) is 4. The zero-order valence-corrected chi connectivity index (χ0v) is 16.4. The number of aromatic nitrogens is 1. The minimum Gasteiger partial charge on any atom is -0.359 e. The second-order valence-corrected chi connectivity index (χ2v) is 7.28. The number of amides is 2. The van der Waals surface area contributed by atoms with E-state index in [1.54, 1.807) is 11.9 Å². The minimum atomic E-state index is -0.0823. The SMILES string of the molecule is CCc1cc(CN(C)C(=O)NCCN2CCC[C@H](c3ccccc3)C2)on1. The molecule has 0 spiro atoms. The van der Waals surface area contributed by atoms with E-state index >= 15 is 0 Å². The third-order valence-corrected chi connectivity index (χ3v) is 5.19. The van der Waals surface area contributed by atoms with Gasteiger partial charge in [0.1, 0.15) is 0 Å². The zero-order valence-electron chi connectivity index (χ0n) is 16.4. The summed E-state index contributed by atoms with van der Waals surface area (Å²) in [6.07, 6.45) is 3.28. The molecule has 0 unspecified atom stereocenters. The summed E-state index contributed by atoms with van der Waals surface area (Å²) in [5.41, 5.74) is 2.33. The fourth-order valence-corrected chi connectivity index (χ4v) is 3.61. The Morgan fingerprint density at radius 1 is 1.37 bits per heavy atom. The van der Waals surface area contributed by atoms with Gasteiger partial charge in [0.25, 0.3) is 0 Å². The molecular weight excluding hydrogens is 340 g/mol. The third kappa shape index (κ3) is 5.57. The summed E-state index contributed by atoms with van der Waals surface area (Å²) in [6, 6.07) is 12.6. The van der Waals surface area contributed by atoms with E-state index < -0.39 is 0 Å². The second-order valence-electron chi connectivity index (χ2n) is 7.28. The number of nitrogens with zero attached hydrogens (tertiary/aromatic N) is 3. The van der Waals surface area contributed by atoms with Gasteiger partial charge in [0.05, 0.1) is 12.2 Å². The van der Waals surface area contributed by atoms with Crippen LogP contribution >= 0.6 is 0 Å². The van der Waals surface area contributed by atoms with E-state index in [4.69, 9.17) is 4.52 Å². The fourth-order valence-electron chi connectivity index (χ4n) is 3.61. The average molecular weight is 370 g/mol. The highest BCUT2D eigenvalue weighted by Crippen LogP contribution is 2.26. The maximum absolute atomic E-state index is 12.3. The van der Waals surface area contributed by atoms with Crippen LogP contribution in [0.15, 0.2) is 40.9 Å². The Morgan fingerprint density at radius 2 is 2.19 bits per heavy atom. The first-order valence-corrected chi connectivity index (χ1v) is 9.86. The van der Waals surface area contributed by atoms with E-state index in [0.717, 1.165) is 31.7 Å². The van der Waals surface area contributed by atoms with Crippen LogP contribution < -0.4 is 5.32 Å². The van der Waals surface area contributed by atoms with Crippen molar-refractivity contribution < 1.29 is 9.32 Å². The monoisotopic (exact) mass is 370 g/mol. The van der Waals surface area contributed by atoms with E-state index in [1.807, 2.05) is 13.0 Å². The van der Waals surface area contributed by atoms with Gasteiger partial charge in [-0.3, -0.25) is 0 Å². The van der Waals surface area contributed by atoms with Crippen LogP contribution in [0.2, 0.25) is 0 Å². The lowest BCUT2D eigenvalue weighted by Crippen LogP contribution is -2.43. The molecule has 1 fully saturated rings. The topological polar surface area (TPSA) is 61.6 Å². The lowest BCUT2D eigenvalue weighted by molar-refractivity contribution is 0.189. The molecule has 0 aliphatic carbocycles. The molecule has 2 heterocycles. The molecule has 1 saturated heterocycles. The van der Waals surface area contributed by atoms with Gasteiger partial charge in [0.15, 0.2) is 5.76 Å². The van der Waals surface area contributed by atoms with Crippen LogP contribution in [0, 0.1) is 0 Å². The van der Waals surface area contributed by atoms with Crippen LogP contribution in [0.5, 0.6) is 0 Å². The maximum Gasteiger partial charge on any atom is 0.317 e. The number of carbonyl (C=O) groups excluding carboxylic acids is 1. The summed E-state index contributed by atoms with van der Waals surface area (Å²) >= 11 is 0. The van der Waals surface area contributed by atoms with Gasteiger partial charge in [-0.05, 0) is 37.3 Å². The molecule has 1 atom stereocenters. The number of carbonyl (C=O) groups is 1. The molecule has 0 radical (unpaired) electrons. The average Bonchev–Trinajstić information content (AvgIpc) is 3.16. The van der Waals surface area contributed by atoms with Crippen molar-refractivity contribution in [2.45, 2.75) is 38.6 Å². The molecule has 6 heteroatoms. The summed E-state index contributed by atoms with van der Waals surface area (Å²) in [5.74, 6) is 1.31. The number of nitrogens with one attached hydrogen (secondary N) is 1. The Morgan fingerprint density at radius 3 is 2.93 bits per heavy atom. The van der Waals surface area contributed by atoms with Gasteiger partial charge in [-0.25, -0.2) is 4.79 Å². The third-order valence-electron chi connectivity index (χ3n) is 5.19. The van der Waals surface area contributed by atoms with Gasteiger partial charge >= 0.3 is 6.03 Å².